The summed E-state index contributed by atoms with van der Waals surface area (Å²) in [7, 11) is 0. The quantitative estimate of drug-likeness (QED) is 0.750. The number of benzene rings is 2. The van der Waals surface area contributed by atoms with Crippen LogP contribution >= 0.6 is 0 Å². The van der Waals surface area contributed by atoms with Gasteiger partial charge in [0.25, 0.3) is 5.91 Å². The number of anilines is 2. The van der Waals surface area contributed by atoms with Gasteiger partial charge in [0.15, 0.2) is 0 Å². The highest BCUT2D eigenvalue weighted by Gasteiger charge is 2.12. The number of rotatable bonds is 6. The summed E-state index contributed by atoms with van der Waals surface area (Å²) in [6.07, 6.45) is 3.13. The average molecular weight is 332 g/mol. The number of carbonyl (C=O) groups is 1. The predicted octanol–water partition coefficient (Wildman–Crippen LogP) is 3.56. The lowest BCUT2D eigenvalue weighted by molar-refractivity contribution is 0.0950. The minimum atomic E-state index is -0.182. The van der Waals surface area contributed by atoms with Crippen LogP contribution in [0.25, 0.3) is 0 Å². The van der Waals surface area contributed by atoms with Crippen LogP contribution in [0.5, 0.6) is 0 Å². The van der Waals surface area contributed by atoms with E-state index >= 15 is 0 Å². The summed E-state index contributed by atoms with van der Waals surface area (Å²) in [4.78, 5) is 22.9. The molecule has 1 amide bonds. The van der Waals surface area contributed by atoms with Gasteiger partial charge in [0.05, 0.1) is 5.56 Å². The molecule has 0 atom stereocenters. The number of nitrogens with one attached hydrogen (secondary N) is 1. The van der Waals surface area contributed by atoms with E-state index in [0.29, 0.717) is 18.1 Å². The first kappa shape index (κ1) is 16.6. The highest BCUT2D eigenvalue weighted by atomic mass is 16.1. The Morgan fingerprint density at radius 1 is 0.960 bits per heavy atom. The molecule has 1 aromatic heterocycles. The lowest BCUT2D eigenvalue weighted by atomic mass is 10.2. The zero-order valence-corrected chi connectivity index (χ0v) is 14.1. The molecule has 0 aliphatic carbocycles. The van der Waals surface area contributed by atoms with E-state index in [9.17, 15) is 4.79 Å². The molecule has 5 nitrogen and oxygen atoms in total. The lowest BCUT2D eigenvalue weighted by Crippen LogP contribution is -2.24. The van der Waals surface area contributed by atoms with Crippen molar-refractivity contribution in [2.75, 3.05) is 11.4 Å². The van der Waals surface area contributed by atoms with Crippen LogP contribution in [-0.4, -0.2) is 22.4 Å². The van der Waals surface area contributed by atoms with Gasteiger partial charge in [0.1, 0.15) is 0 Å². The molecule has 0 saturated carbocycles. The zero-order chi connectivity index (χ0) is 17.5. The van der Waals surface area contributed by atoms with Crippen LogP contribution in [0, 0.1) is 0 Å². The predicted molar refractivity (Wildman–Crippen MR) is 98.8 cm³/mol. The number of hydrogen-bond acceptors (Lipinski definition) is 4. The minimum Gasteiger partial charge on any atom is -0.348 e. The average Bonchev–Trinajstić information content (AvgIpc) is 2.69. The highest BCUT2D eigenvalue weighted by molar-refractivity contribution is 5.93. The summed E-state index contributed by atoms with van der Waals surface area (Å²) in [5.74, 6) is 0.395. The Kier molecular flexibility index (Phi) is 5.36. The van der Waals surface area contributed by atoms with E-state index in [1.165, 1.54) is 0 Å². The Balaban J connectivity index is 1.68. The first-order valence-electron chi connectivity index (χ1n) is 8.24. The monoisotopic (exact) mass is 332 g/mol. The molecule has 0 fully saturated rings. The van der Waals surface area contributed by atoms with Gasteiger partial charge in [-0.1, -0.05) is 48.5 Å². The standard InChI is InChI=1S/C20H20N4O/c1-2-24(18-11-7-4-8-12-18)20-22-14-17(15-23-20)19(25)21-13-16-9-5-3-6-10-16/h3-12,14-15H,2,13H2,1H3,(H,21,25). The second-order valence-corrected chi connectivity index (χ2v) is 5.52. The third-order valence-electron chi connectivity index (χ3n) is 3.82. The Labute approximate surface area is 147 Å². The number of aromatic nitrogens is 2. The third-order valence-corrected chi connectivity index (χ3v) is 3.82. The van der Waals surface area contributed by atoms with Gasteiger partial charge < -0.3 is 10.2 Å². The van der Waals surface area contributed by atoms with Crippen LogP contribution < -0.4 is 10.2 Å². The van der Waals surface area contributed by atoms with E-state index < -0.39 is 0 Å². The van der Waals surface area contributed by atoms with Gasteiger partial charge >= 0.3 is 0 Å². The SMILES string of the molecule is CCN(c1ccccc1)c1ncc(C(=O)NCc2ccccc2)cn1. The molecule has 3 aromatic rings. The number of amides is 1. The van der Waals surface area contributed by atoms with Gasteiger partial charge in [-0.3, -0.25) is 4.79 Å². The minimum absolute atomic E-state index is 0.182. The van der Waals surface area contributed by atoms with Crippen LogP contribution in [0.2, 0.25) is 0 Å². The van der Waals surface area contributed by atoms with Crippen molar-refractivity contribution in [3.63, 3.8) is 0 Å². The molecule has 0 saturated heterocycles. The maximum atomic E-state index is 12.2. The normalized spacial score (nSPS) is 10.3. The largest absolute Gasteiger partial charge is 0.348 e. The van der Waals surface area contributed by atoms with Gasteiger partial charge in [-0.15, -0.1) is 0 Å². The van der Waals surface area contributed by atoms with Crippen molar-refractivity contribution in [1.29, 1.82) is 0 Å². The molecule has 0 radical (unpaired) electrons. The molecule has 0 bridgehead atoms. The lowest BCUT2D eigenvalue weighted by Gasteiger charge is -2.20. The van der Waals surface area contributed by atoms with E-state index in [1.54, 1.807) is 12.4 Å². The van der Waals surface area contributed by atoms with Crippen LogP contribution in [-0.2, 0) is 6.54 Å². The Hall–Kier alpha value is -3.21. The van der Waals surface area contributed by atoms with Crippen molar-refractivity contribution >= 4 is 17.5 Å². The van der Waals surface area contributed by atoms with Crippen LogP contribution in [0.4, 0.5) is 11.6 Å². The second kappa shape index (κ2) is 8.06. The topological polar surface area (TPSA) is 58.1 Å². The molecule has 126 valence electrons. The molecule has 0 unspecified atom stereocenters. The van der Waals surface area contributed by atoms with Crippen molar-refractivity contribution in [2.24, 2.45) is 0 Å². The maximum absolute atomic E-state index is 12.2. The molecule has 5 heteroatoms. The van der Waals surface area contributed by atoms with Gasteiger partial charge in [-0.05, 0) is 24.6 Å². The van der Waals surface area contributed by atoms with Crippen molar-refractivity contribution < 1.29 is 4.79 Å². The molecule has 1 N–H and O–H groups in total. The molecule has 0 aliphatic heterocycles. The number of carbonyl (C=O) groups excluding carboxylic acids is 1. The molecular formula is C20H20N4O. The van der Waals surface area contributed by atoms with E-state index in [0.717, 1.165) is 17.8 Å². The zero-order valence-electron chi connectivity index (χ0n) is 14.1. The van der Waals surface area contributed by atoms with E-state index in [4.69, 9.17) is 0 Å². The molecule has 1 heterocycles. The Morgan fingerprint density at radius 2 is 1.56 bits per heavy atom. The Morgan fingerprint density at radius 3 is 2.16 bits per heavy atom. The number of nitrogens with zero attached hydrogens (tertiary/aromatic N) is 3. The fraction of sp³-hybridized carbons (Fsp3) is 0.150. The maximum Gasteiger partial charge on any atom is 0.254 e. The summed E-state index contributed by atoms with van der Waals surface area (Å²) in [5.41, 5.74) is 2.52. The smallest absolute Gasteiger partial charge is 0.254 e. The molecule has 0 spiro atoms. The van der Waals surface area contributed by atoms with E-state index in [2.05, 4.69) is 15.3 Å². The number of hydrogen-bond donors (Lipinski definition) is 1. The van der Waals surface area contributed by atoms with Gasteiger partial charge in [-0.25, -0.2) is 9.97 Å². The summed E-state index contributed by atoms with van der Waals surface area (Å²) in [6, 6.07) is 19.7. The molecule has 3 rings (SSSR count). The summed E-state index contributed by atoms with van der Waals surface area (Å²) < 4.78 is 0. The van der Waals surface area contributed by atoms with Crippen molar-refractivity contribution in [2.45, 2.75) is 13.5 Å². The first-order chi connectivity index (χ1) is 12.3. The molecule has 2 aromatic carbocycles. The Bertz CT molecular complexity index is 804. The highest BCUT2D eigenvalue weighted by Crippen LogP contribution is 2.20. The molecule has 0 aliphatic rings. The molecule has 25 heavy (non-hydrogen) atoms. The third kappa shape index (κ3) is 4.20. The fourth-order valence-electron chi connectivity index (χ4n) is 2.51. The summed E-state index contributed by atoms with van der Waals surface area (Å²) >= 11 is 0. The number of para-hydroxylation sites is 1. The van der Waals surface area contributed by atoms with Crippen LogP contribution in [0.1, 0.15) is 22.8 Å². The fourth-order valence-corrected chi connectivity index (χ4v) is 2.51. The molecular weight excluding hydrogens is 312 g/mol. The first-order valence-corrected chi connectivity index (χ1v) is 8.24. The van der Waals surface area contributed by atoms with Gasteiger partial charge in [-0.2, -0.15) is 0 Å². The summed E-state index contributed by atoms with van der Waals surface area (Å²) in [6.45, 7) is 3.26. The van der Waals surface area contributed by atoms with Gasteiger partial charge in [0, 0.05) is 31.2 Å². The van der Waals surface area contributed by atoms with Crippen LogP contribution in [0.15, 0.2) is 73.1 Å². The van der Waals surface area contributed by atoms with Crippen molar-refractivity contribution in [1.82, 2.24) is 15.3 Å². The summed E-state index contributed by atoms with van der Waals surface area (Å²) in [5, 5.41) is 2.88. The second-order valence-electron chi connectivity index (χ2n) is 5.52. The van der Waals surface area contributed by atoms with Crippen molar-refractivity contribution in [3.05, 3.63) is 84.2 Å². The van der Waals surface area contributed by atoms with Gasteiger partial charge in [0.2, 0.25) is 5.95 Å². The van der Waals surface area contributed by atoms with Crippen LogP contribution in [0.3, 0.4) is 0 Å². The van der Waals surface area contributed by atoms with Crippen molar-refractivity contribution in [3.8, 4) is 0 Å². The van der Waals surface area contributed by atoms with E-state index in [1.807, 2.05) is 72.5 Å². The van der Waals surface area contributed by atoms with E-state index in [-0.39, 0.29) is 5.91 Å².